The Hall–Kier alpha value is -1.35. The molecule has 1 heterocycles. The van der Waals surface area contributed by atoms with E-state index in [-0.39, 0.29) is 11.9 Å². The molecule has 0 aliphatic heterocycles. The highest BCUT2D eigenvalue weighted by Crippen LogP contribution is 2.25. The zero-order valence-electron chi connectivity index (χ0n) is 8.88. The van der Waals surface area contributed by atoms with Crippen molar-refractivity contribution in [2.75, 3.05) is 0 Å². The lowest BCUT2D eigenvalue weighted by atomic mass is 10.1. The van der Waals surface area contributed by atoms with Crippen LogP contribution in [-0.2, 0) is 6.42 Å². The van der Waals surface area contributed by atoms with E-state index in [4.69, 9.17) is 10.2 Å². The average molecular weight is 207 g/mol. The molecule has 15 heavy (non-hydrogen) atoms. The molecular weight excluding hydrogens is 193 g/mol. The molecular formula is C12H14FNO. The summed E-state index contributed by atoms with van der Waals surface area (Å²) in [6.45, 7) is 3.75. The van der Waals surface area contributed by atoms with Crippen molar-refractivity contribution in [2.45, 2.75) is 26.3 Å². The van der Waals surface area contributed by atoms with E-state index in [2.05, 4.69) is 0 Å². The Morgan fingerprint density at radius 2 is 2.13 bits per heavy atom. The minimum absolute atomic E-state index is 0.000376. The Kier molecular flexibility index (Phi) is 2.49. The molecule has 0 saturated carbocycles. The van der Waals surface area contributed by atoms with Crippen LogP contribution < -0.4 is 5.73 Å². The number of rotatable bonds is 2. The standard InChI is InChI=1S/C12H14FNO/c1-7(14)3-9-5-11(13)6-10-4-8(2)15-12(9)10/h4-7H,3,14H2,1-2H3. The van der Waals surface area contributed by atoms with Gasteiger partial charge in [-0.15, -0.1) is 0 Å². The van der Waals surface area contributed by atoms with Crippen LogP contribution in [0.4, 0.5) is 4.39 Å². The van der Waals surface area contributed by atoms with Crippen molar-refractivity contribution in [3.63, 3.8) is 0 Å². The third-order valence-electron chi connectivity index (χ3n) is 2.32. The van der Waals surface area contributed by atoms with Gasteiger partial charge in [-0.3, -0.25) is 0 Å². The lowest BCUT2D eigenvalue weighted by Gasteiger charge is -2.05. The SMILES string of the molecule is Cc1cc2cc(F)cc(CC(C)N)c2o1. The van der Waals surface area contributed by atoms with E-state index in [1.54, 1.807) is 0 Å². The quantitative estimate of drug-likeness (QED) is 0.822. The van der Waals surface area contributed by atoms with Gasteiger partial charge in [0, 0.05) is 11.4 Å². The lowest BCUT2D eigenvalue weighted by molar-refractivity contribution is 0.568. The zero-order chi connectivity index (χ0) is 11.0. The summed E-state index contributed by atoms with van der Waals surface area (Å²) in [6.07, 6.45) is 0.626. The number of halogens is 1. The van der Waals surface area contributed by atoms with E-state index in [1.807, 2.05) is 19.9 Å². The van der Waals surface area contributed by atoms with Crippen LogP contribution in [0, 0.1) is 12.7 Å². The van der Waals surface area contributed by atoms with Gasteiger partial charge in [0.25, 0.3) is 0 Å². The van der Waals surface area contributed by atoms with E-state index < -0.39 is 0 Å². The molecule has 1 aromatic heterocycles. The Balaban J connectivity index is 2.59. The summed E-state index contributed by atoms with van der Waals surface area (Å²) in [4.78, 5) is 0. The molecule has 0 fully saturated rings. The van der Waals surface area contributed by atoms with Gasteiger partial charge in [-0.2, -0.15) is 0 Å². The van der Waals surface area contributed by atoms with Crippen LogP contribution in [0.15, 0.2) is 22.6 Å². The monoisotopic (exact) mass is 207 g/mol. The molecule has 0 bridgehead atoms. The summed E-state index contributed by atoms with van der Waals surface area (Å²) in [6, 6.07) is 4.81. The molecule has 0 saturated heterocycles. The summed E-state index contributed by atoms with van der Waals surface area (Å²) in [5, 5.41) is 0.808. The Morgan fingerprint density at radius 3 is 2.80 bits per heavy atom. The molecule has 0 aliphatic carbocycles. The minimum Gasteiger partial charge on any atom is -0.461 e. The number of benzene rings is 1. The molecule has 0 spiro atoms. The fourth-order valence-electron chi connectivity index (χ4n) is 1.81. The van der Waals surface area contributed by atoms with Gasteiger partial charge < -0.3 is 10.2 Å². The normalized spacial score (nSPS) is 13.3. The van der Waals surface area contributed by atoms with E-state index in [1.165, 1.54) is 12.1 Å². The molecule has 2 aromatic rings. The largest absolute Gasteiger partial charge is 0.461 e. The zero-order valence-corrected chi connectivity index (χ0v) is 8.88. The van der Waals surface area contributed by atoms with Crippen LogP contribution in [-0.4, -0.2) is 6.04 Å². The van der Waals surface area contributed by atoms with E-state index in [0.717, 1.165) is 22.3 Å². The molecule has 2 nitrogen and oxygen atoms in total. The summed E-state index contributed by atoms with van der Waals surface area (Å²) in [5.41, 5.74) is 7.30. The average Bonchev–Trinajstić information content (AvgIpc) is 2.44. The number of aryl methyl sites for hydroxylation is 1. The van der Waals surface area contributed by atoms with Crippen molar-refractivity contribution >= 4 is 11.0 Å². The van der Waals surface area contributed by atoms with Crippen molar-refractivity contribution < 1.29 is 8.81 Å². The van der Waals surface area contributed by atoms with Gasteiger partial charge in [-0.1, -0.05) is 0 Å². The maximum Gasteiger partial charge on any atom is 0.137 e. The molecule has 1 atom stereocenters. The number of nitrogens with two attached hydrogens (primary N) is 1. The smallest absolute Gasteiger partial charge is 0.137 e. The van der Waals surface area contributed by atoms with Gasteiger partial charge in [0.1, 0.15) is 17.2 Å². The van der Waals surface area contributed by atoms with Crippen LogP contribution in [0.3, 0.4) is 0 Å². The van der Waals surface area contributed by atoms with E-state index >= 15 is 0 Å². The summed E-state index contributed by atoms with van der Waals surface area (Å²) in [5.74, 6) is 0.556. The van der Waals surface area contributed by atoms with Gasteiger partial charge in [-0.25, -0.2) is 4.39 Å². The predicted molar refractivity (Wildman–Crippen MR) is 58.3 cm³/mol. The van der Waals surface area contributed by atoms with Crippen molar-refractivity contribution in [2.24, 2.45) is 5.73 Å². The highest BCUT2D eigenvalue weighted by Gasteiger charge is 2.10. The second kappa shape index (κ2) is 3.66. The number of fused-ring (bicyclic) bond motifs is 1. The summed E-state index contributed by atoms with van der Waals surface area (Å²) in [7, 11) is 0. The van der Waals surface area contributed by atoms with Crippen molar-refractivity contribution in [3.8, 4) is 0 Å². The Morgan fingerprint density at radius 1 is 1.40 bits per heavy atom. The van der Waals surface area contributed by atoms with Crippen molar-refractivity contribution in [1.29, 1.82) is 0 Å². The molecule has 2 rings (SSSR count). The summed E-state index contributed by atoms with van der Waals surface area (Å²) < 4.78 is 18.8. The fraction of sp³-hybridized carbons (Fsp3) is 0.333. The number of hydrogen-bond donors (Lipinski definition) is 1. The molecule has 1 unspecified atom stereocenters. The molecule has 80 valence electrons. The van der Waals surface area contributed by atoms with Gasteiger partial charge in [0.05, 0.1) is 0 Å². The van der Waals surface area contributed by atoms with Gasteiger partial charge in [-0.05, 0) is 44.0 Å². The first kappa shape index (κ1) is 10.2. The van der Waals surface area contributed by atoms with Gasteiger partial charge in [0.15, 0.2) is 0 Å². The number of hydrogen-bond acceptors (Lipinski definition) is 2. The van der Waals surface area contributed by atoms with Crippen LogP contribution in [0.1, 0.15) is 18.2 Å². The second-order valence-electron chi connectivity index (χ2n) is 4.02. The predicted octanol–water partition coefficient (Wildman–Crippen LogP) is 2.77. The Bertz CT molecular complexity index is 488. The van der Waals surface area contributed by atoms with Crippen LogP contribution in [0.2, 0.25) is 0 Å². The number of furan rings is 1. The van der Waals surface area contributed by atoms with Crippen LogP contribution in [0.5, 0.6) is 0 Å². The second-order valence-corrected chi connectivity index (χ2v) is 4.02. The Labute approximate surface area is 87.9 Å². The van der Waals surface area contributed by atoms with Gasteiger partial charge >= 0.3 is 0 Å². The third kappa shape index (κ3) is 2.02. The highest BCUT2D eigenvalue weighted by molar-refractivity contribution is 5.81. The van der Waals surface area contributed by atoms with E-state index in [9.17, 15) is 4.39 Å². The third-order valence-corrected chi connectivity index (χ3v) is 2.32. The first-order valence-corrected chi connectivity index (χ1v) is 5.00. The lowest BCUT2D eigenvalue weighted by Crippen LogP contribution is -2.17. The van der Waals surface area contributed by atoms with Crippen molar-refractivity contribution in [3.05, 3.63) is 35.3 Å². The molecule has 0 radical (unpaired) electrons. The molecule has 2 N–H and O–H groups in total. The maximum absolute atomic E-state index is 13.3. The van der Waals surface area contributed by atoms with Gasteiger partial charge in [0.2, 0.25) is 0 Å². The minimum atomic E-state index is -0.237. The van der Waals surface area contributed by atoms with E-state index in [0.29, 0.717) is 6.42 Å². The summed E-state index contributed by atoms with van der Waals surface area (Å²) >= 11 is 0. The molecule has 0 aliphatic rings. The molecule has 0 amide bonds. The van der Waals surface area contributed by atoms with Crippen molar-refractivity contribution in [1.82, 2.24) is 0 Å². The first-order chi connectivity index (χ1) is 7.06. The first-order valence-electron chi connectivity index (χ1n) is 5.00. The van der Waals surface area contributed by atoms with Crippen LogP contribution in [0.25, 0.3) is 11.0 Å². The molecule has 1 aromatic carbocycles. The molecule has 3 heteroatoms. The topological polar surface area (TPSA) is 39.2 Å². The maximum atomic E-state index is 13.3. The van der Waals surface area contributed by atoms with Crippen LogP contribution >= 0.6 is 0 Å². The highest BCUT2D eigenvalue weighted by atomic mass is 19.1. The fourth-order valence-corrected chi connectivity index (χ4v) is 1.81.